The lowest BCUT2D eigenvalue weighted by molar-refractivity contribution is -0.137. The number of methoxy groups -OCH3 is 1. The Kier molecular flexibility index (Phi) is 17.9. The summed E-state index contributed by atoms with van der Waals surface area (Å²) < 4.78 is 89.5. The van der Waals surface area contributed by atoms with Crippen LogP contribution in [0.4, 0.5) is 17.1 Å². The predicted octanol–water partition coefficient (Wildman–Crippen LogP) is 5.40. The maximum atomic E-state index is 14.1. The highest BCUT2D eigenvalue weighted by atomic mass is 32.2. The quantitative estimate of drug-likeness (QED) is 0.0278. The number of hydrogen-bond acceptors (Lipinski definition) is 16. The van der Waals surface area contributed by atoms with Gasteiger partial charge in [-0.1, -0.05) is 44.5 Å². The molecule has 4 aromatic carbocycles. The summed E-state index contributed by atoms with van der Waals surface area (Å²) >= 11 is 0. The first-order chi connectivity index (χ1) is 40.0. The number of nitrogens with one attached hydrogen (secondary N) is 5. The third-order valence-electron chi connectivity index (χ3n) is 15.0. The largest absolute Gasteiger partial charge is 0.497 e. The first-order valence-electron chi connectivity index (χ1n) is 27.2. The highest BCUT2D eigenvalue weighted by molar-refractivity contribution is 7.86. The standard InChI is InChI=1S/C58H64N8O16S2/c1-33(2)52(63-49(67)9-6-5-7-24-64-50(68)22-23-51(64)69)54(71)59-34(3)53(70)60-39-14-10-35(11-15-39)37-27-47-55(83(74,75)76)61-45-29-41(18-20-43(45)57(72)65(47)31-37)81-25-8-26-82-42-19-21-44-46(30-42)62-56(84(77,78)79)48-28-38(32-66(48)58(44)73)36-12-16-40(80-4)17-13-36/h10-23,29-34,47-48,52,55-56,61-62H,5-9,24-28H2,1-4H3,(H,59,71)(H,60,70)(H,63,67)(H,74,75,76)(H,77,78,79)/t34-,47?,48?,52?,55+,56?/m0/s1. The molecule has 0 fully saturated rings. The van der Waals surface area contributed by atoms with Crippen molar-refractivity contribution in [1.82, 2.24) is 25.3 Å². The zero-order chi connectivity index (χ0) is 60.2. The Labute approximate surface area is 485 Å². The number of unbranched alkanes of at least 4 members (excludes halogenated alkanes) is 2. The number of amides is 7. The normalized spacial score (nSPS) is 19.8. The maximum Gasteiger partial charge on any atom is 0.288 e. The van der Waals surface area contributed by atoms with Crippen molar-refractivity contribution in [2.24, 2.45) is 5.92 Å². The molecule has 84 heavy (non-hydrogen) atoms. The SMILES string of the molecule is COc1ccc(C2=CN3C(=O)c4ccc(OCCCOc5ccc6c(c5)N[C@H](S(=O)(=O)O)C5CC(c7ccc(NC(=O)[C@H](C)NC(=O)C(NC(=O)CCCCCN8C(=O)C=CC8=O)C(C)C)cc7)=CN5C6=O)cc4NC(S(=O)(=O)O)C3C2)cc1. The Bertz CT molecular complexity index is 3570. The number of hydrogen-bond donors (Lipinski definition) is 7. The summed E-state index contributed by atoms with van der Waals surface area (Å²) in [5.41, 5.74) is 3.53. The lowest BCUT2D eigenvalue weighted by Gasteiger charge is -2.26. The molecule has 0 aliphatic carbocycles. The fourth-order valence-electron chi connectivity index (χ4n) is 10.5. The molecule has 0 radical (unpaired) electrons. The van der Waals surface area contributed by atoms with E-state index in [4.69, 9.17) is 14.2 Å². The molecule has 9 rings (SSSR count). The molecular weight excluding hydrogens is 1130 g/mol. The molecule has 0 spiro atoms. The van der Waals surface area contributed by atoms with Crippen LogP contribution >= 0.6 is 0 Å². The van der Waals surface area contributed by atoms with Crippen molar-refractivity contribution in [3.05, 3.63) is 132 Å². The van der Waals surface area contributed by atoms with Crippen LogP contribution in [0, 0.1) is 5.92 Å². The van der Waals surface area contributed by atoms with Crippen molar-refractivity contribution in [2.45, 2.75) is 101 Å². The molecule has 5 aliphatic heterocycles. The number of imide groups is 1. The second-order valence-electron chi connectivity index (χ2n) is 21.2. The molecule has 4 unspecified atom stereocenters. The van der Waals surface area contributed by atoms with Gasteiger partial charge in [0.2, 0.25) is 17.7 Å². The lowest BCUT2D eigenvalue weighted by atomic mass is 10.0. The van der Waals surface area contributed by atoms with Crippen LogP contribution < -0.4 is 40.8 Å². The van der Waals surface area contributed by atoms with Crippen molar-refractivity contribution in [2.75, 3.05) is 42.8 Å². The number of nitrogens with zero attached hydrogens (tertiary/aromatic N) is 3. The van der Waals surface area contributed by atoms with E-state index in [1.54, 1.807) is 80.7 Å². The van der Waals surface area contributed by atoms with E-state index >= 15 is 0 Å². The Morgan fingerprint density at radius 2 is 1.12 bits per heavy atom. The molecule has 7 amide bonds. The summed E-state index contributed by atoms with van der Waals surface area (Å²) in [6.45, 7) is 5.46. The van der Waals surface area contributed by atoms with Crippen LogP contribution in [0.15, 0.2) is 109 Å². The monoisotopic (exact) mass is 1190 g/mol. The molecule has 0 bridgehead atoms. The average Bonchev–Trinajstić information content (AvgIpc) is 1.88. The van der Waals surface area contributed by atoms with Crippen LogP contribution in [0.3, 0.4) is 0 Å². The summed E-state index contributed by atoms with van der Waals surface area (Å²) in [6.07, 6.45) is 7.73. The molecule has 5 heterocycles. The van der Waals surface area contributed by atoms with E-state index in [2.05, 4.69) is 26.6 Å². The van der Waals surface area contributed by atoms with Gasteiger partial charge in [-0.2, -0.15) is 16.8 Å². The lowest BCUT2D eigenvalue weighted by Crippen LogP contribution is -2.53. The van der Waals surface area contributed by atoms with E-state index in [1.807, 2.05) is 0 Å². The Hall–Kier alpha value is -8.59. The van der Waals surface area contributed by atoms with Gasteiger partial charge in [0, 0.05) is 61.8 Å². The molecule has 4 aromatic rings. The maximum absolute atomic E-state index is 14.1. The van der Waals surface area contributed by atoms with Gasteiger partial charge >= 0.3 is 0 Å². The van der Waals surface area contributed by atoms with Crippen molar-refractivity contribution >= 4 is 89.8 Å². The van der Waals surface area contributed by atoms with Gasteiger partial charge in [0.25, 0.3) is 43.9 Å². The molecule has 5 aliphatic rings. The number of benzene rings is 4. The van der Waals surface area contributed by atoms with Crippen LogP contribution in [0.5, 0.6) is 17.2 Å². The van der Waals surface area contributed by atoms with Crippen LogP contribution in [0.25, 0.3) is 11.1 Å². The molecule has 6 atom stereocenters. The van der Waals surface area contributed by atoms with E-state index < -0.39 is 78.8 Å². The van der Waals surface area contributed by atoms with Gasteiger partial charge in [0.1, 0.15) is 29.3 Å². The third-order valence-corrected chi connectivity index (χ3v) is 17.2. The van der Waals surface area contributed by atoms with E-state index in [1.165, 1.54) is 66.5 Å². The Morgan fingerprint density at radius 3 is 1.60 bits per heavy atom. The topological polar surface area (TPSA) is 326 Å². The van der Waals surface area contributed by atoms with Crippen molar-refractivity contribution in [3.8, 4) is 17.2 Å². The fraction of sp³-hybridized carbons (Fsp3) is 0.362. The Morgan fingerprint density at radius 1 is 0.631 bits per heavy atom. The molecule has 24 nitrogen and oxygen atoms in total. The molecule has 7 N–H and O–H groups in total. The zero-order valence-corrected chi connectivity index (χ0v) is 47.9. The van der Waals surface area contributed by atoms with Crippen LogP contribution in [0.1, 0.15) is 97.6 Å². The van der Waals surface area contributed by atoms with Crippen LogP contribution in [-0.4, -0.2) is 144 Å². The summed E-state index contributed by atoms with van der Waals surface area (Å²) in [5.74, 6) is -2.31. The molecule has 0 saturated heterocycles. The molecule has 444 valence electrons. The third kappa shape index (κ3) is 13.6. The first kappa shape index (κ1) is 60.0. The van der Waals surface area contributed by atoms with Crippen molar-refractivity contribution < 1.29 is 73.7 Å². The summed E-state index contributed by atoms with van der Waals surface area (Å²) in [4.78, 5) is 94.5. The van der Waals surface area contributed by atoms with Gasteiger partial charge in [-0.25, -0.2) is 0 Å². The summed E-state index contributed by atoms with van der Waals surface area (Å²) in [5, 5.41) is 10.7. The Balaban J connectivity index is 0.763. The molecule has 0 saturated carbocycles. The number of rotatable bonds is 23. The minimum atomic E-state index is -4.83. The van der Waals surface area contributed by atoms with Gasteiger partial charge in [0.05, 0.1) is 54.9 Å². The zero-order valence-electron chi connectivity index (χ0n) is 46.3. The highest BCUT2D eigenvalue weighted by Gasteiger charge is 2.47. The molecular formula is C58H64N8O16S2. The second-order valence-corrected chi connectivity index (χ2v) is 24.3. The number of ether oxygens (including phenoxy) is 3. The highest BCUT2D eigenvalue weighted by Crippen LogP contribution is 2.41. The van der Waals surface area contributed by atoms with Crippen LogP contribution in [-0.2, 0) is 44.2 Å². The summed E-state index contributed by atoms with van der Waals surface area (Å²) in [7, 11) is -8.02. The van der Waals surface area contributed by atoms with E-state index in [9.17, 15) is 59.5 Å². The summed E-state index contributed by atoms with van der Waals surface area (Å²) in [6, 6.07) is 18.7. The number of carbonyl (C=O) groups is 7. The predicted molar refractivity (Wildman–Crippen MR) is 308 cm³/mol. The van der Waals surface area contributed by atoms with Crippen molar-refractivity contribution in [1.29, 1.82) is 0 Å². The van der Waals surface area contributed by atoms with Crippen molar-refractivity contribution in [3.63, 3.8) is 0 Å². The second kappa shape index (κ2) is 25.1. The van der Waals surface area contributed by atoms with Gasteiger partial charge in [-0.3, -0.25) is 47.6 Å². The molecule has 0 aromatic heterocycles. The van der Waals surface area contributed by atoms with E-state index in [0.29, 0.717) is 59.6 Å². The molecule has 26 heteroatoms. The number of carbonyl (C=O) groups excluding carboxylic acids is 7. The van der Waals surface area contributed by atoms with E-state index in [-0.39, 0.29) is 90.9 Å². The van der Waals surface area contributed by atoms with Gasteiger partial charge < -0.3 is 50.6 Å². The van der Waals surface area contributed by atoms with Crippen LogP contribution in [0.2, 0.25) is 0 Å². The van der Waals surface area contributed by atoms with Gasteiger partial charge in [0.15, 0.2) is 10.7 Å². The van der Waals surface area contributed by atoms with Gasteiger partial charge in [-0.05, 0) is 109 Å². The first-order valence-corrected chi connectivity index (χ1v) is 30.2. The fourth-order valence-corrected chi connectivity index (χ4v) is 12.3. The minimum absolute atomic E-state index is 0.0179. The van der Waals surface area contributed by atoms with Gasteiger partial charge in [-0.15, -0.1) is 0 Å². The smallest absolute Gasteiger partial charge is 0.288 e. The minimum Gasteiger partial charge on any atom is -0.497 e. The average molecular weight is 1190 g/mol. The number of anilines is 3. The van der Waals surface area contributed by atoms with E-state index in [0.717, 1.165) is 10.5 Å². The number of fused-ring (bicyclic) bond motifs is 4.